The van der Waals surface area contributed by atoms with Gasteiger partial charge in [0.15, 0.2) is 0 Å². The van der Waals surface area contributed by atoms with E-state index in [1.165, 1.54) is 0 Å². The van der Waals surface area contributed by atoms with Gasteiger partial charge in [0.05, 0.1) is 11.9 Å². The van der Waals surface area contributed by atoms with Gasteiger partial charge in [0.25, 0.3) is 0 Å². The molecule has 3 N–H and O–H groups in total. The second-order valence-electron chi connectivity index (χ2n) is 4.36. The fourth-order valence-electron chi connectivity index (χ4n) is 2.08. The van der Waals surface area contributed by atoms with Gasteiger partial charge in [0, 0.05) is 39.3 Å². The normalized spacial score (nSPS) is 17.4. The molecule has 5 nitrogen and oxygen atoms in total. The number of hydrogen-bond acceptors (Lipinski definition) is 5. The Bertz CT molecular complexity index is 333. The minimum atomic E-state index is 0.278. The van der Waals surface area contributed by atoms with Gasteiger partial charge in [-0.3, -0.25) is 4.90 Å². The third-order valence-corrected chi connectivity index (χ3v) is 3.10. The first-order valence-corrected chi connectivity index (χ1v) is 6.09. The SMILES string of the molecule is Nc1ccc(N2CCN(CCCO)CC2)nc1. The van der Waals surface area contributed by atoms with E-state index in [1.807, 2.05) is 12.1 Å². The molecule has 2 heterocycles. The molecule has 0 aliphatic carbocycles. The van der Waals surface area contributed by atoms with Gasteiger partial charge in [0.1, 0.15) is 5.82 Å². The number of piperazine rings is 1. The van der Waals surface area contributed by atoms with E-state index in [9.17, 15) is 0 Å². The average Bonchev–Trinajstić information content (AvgIpc) is 2.38. The first-order valence-electron chi connectivity index (χ1n) is 6.09. The van der Waals surface area contributed by atoms with Crippen LogP contribution in [0.5, 0.6) is 0 Å². The van der Waals surface area contributed by atoms with Crippen molar-refractivity contribution in [2.75, 3.05) is 50.0 Å². The van der Waals surface area contributed by atoms with Crippen molar-refractivity contribution in [3.63, 3.8) is 0 Å². The van der Waals surface area contributed by atoms with Gasteiger partial charge < -0.3 is 15.7 Å². The first-order chi connectivity index (χ1) is 8.29. The second-order valence-corrected chi connectivity index (χ2v) is 4.36. The van der Waals surface area contributed by atoms with Crippen LogP contribution in [0.1, 0.15) is 6.42 Å². The molecule has 0 saturated carbocycles. The molecule has 1 aliphatic heterocycles. The van der Waals surface area contributed by atoms with E-state index in [4.69, 9.17) is 10.8 Å². The Morgan fingerprint density at radius 1 is 1.24 bits per heavy atom. The van der Waals surface area contributed by atoms with Crippen LogP contribution in [-0.2, 0) is 0 Å². The standard InChI is InChI=1S/C12H20N4O/c13-11-2-3-12(14-10-11)16-7-5-15(6-8-16)4-1-9-17/h2-3,10,17H,1,4-9,13H2. The monoisotopic (exact) mass is 236 g/mol. The number of anilines is 2. The number of hydrogen-bond donors (Lipinski definition) is 2. The molecule has 1 aromatic heterocycles. The van der Waals surface area contributed by atoms with Gasteiger partial charge in [-0.25, -0.2) is 4.98 Å². The molecule has 0 aromatic carbocycles. The predicted molar refractivity (Wildman–Crippen MR) is 69.0 cm³/mol. The number of aromatic nitrogens is 1. The van der Waals surface area contributed by atoms with Crippen LogP contribution in [0.25, 0.3) is 0 Å². The summed E-state index contributed by atoms with van der Waals surface area (Å²) in [6.07, 6.45) is 2.56. The third-order valence-electron chi connectivity index (χ3n) is 3.10. The summed E-state index contributed by atoms with van der Waals surface area (Å²) in [6.45, 7) is 5.31. The van der Waals surface area contributed by atoms with E-state index in [0.29, 0.717) is 5.69 Å². The summed E-state index contributed by atoms with van der Waals surface area (Å²) < 4.78 is 0. The molecule has 1 aliphatic rings. The second kappa shape index (κ2) is 5.84. The molecule has 94 valence electrons. The highest BCUT2D eigenvalue weighted by molar-refractivity contribution is 5.46. The maximum atomic E-state index is 8.79. The molecule has 2 rings (SSSR count). The Hall–Kier alpha value is -1.33. The average molecular weight is 236 g/mol. The maximum absolute atomic E-state index is 8.79. The van der Waals surface area contributed by atoms with Crippen molar-refractivity contribution in [1.82, 2.24) is 9.88 Å². The van der Waals surface area contributed by atoms with Gasteiger partial charge in [-0.1, -0.05) is 0 Å². The number of nitrogen functional groups attached to an aromatic ring is 1. The quantitative estimate of drug-likeness (QED) is 0.780. The van der Waals surface area contributed by atoms with Crippen molar-refractivity contribution in [2.24, 2.45) is 0 Å². The van der Waals surface area contributed by atoms with Crippen LogP contribution in [0.15, 0.2) is 18.3 Å². The smallest absolute Gasteiger partial charge is 0.128 e. The fraction of sp³-hybridized carbons (Fsp3) is 0.583. The number of nitrogens with zero attached hydrogens (tertiary/aromatic N) is 3. The van der Waals surface area contributed by atoms with Crippen LogP contribution in [0, 0.1) is 0 Å². The molecule has 0 atom stereocenters. The first kappa shape index (κ1) is 12.1. The molecule has 0 spiro atoms. The summed E-state index contributed by atoms with van der Waals surface area (Å²) >= 11 is 0. The lowest BCUT2D eigenvalue weighted by atomic mass is 10.3. The number of nitrogens with two attached hydrogens (primary N) is 1. The van der Waals surface area contributed by atoms with Gasteiger partial charge in [-0.2, -0.15) is 0 Å². The Kier molecular flexibility index (Phi) is 4.17. The Balaban J connectivity index is 1.84. The summed E-state index contributed by atoms with van der Waals surface area (Å²) in [7, 11) is 0. The molecule has 1 saturated heterocycles. The zero-order valence-corrected chi connectivity index (χ0v) is 10.0. The summed E-state index contributed by atoms with van der Waals surface area (Å²) in [5.74, 6) is 1.00. The van der Waals surface area contributed by atoms with Crippen LogP contribution in [0.4, 0.5) is 11.5 Å². The van der Waals surface area contributed by atoms with Crippen LogP contribution in [-0.4, -0.2) is 54.3 Å². The Labute approximate surface area is 102 Å². The van der Waals surface area contributed by atoms with Crippen LogP contribution in [0.2, 0.25) is 0 Å². The van der Waals surface area contributed by atoms with E-state index in [1.54, 1.807) is 6.20 Å². The molecule has 1 aromatic rings. The molecule has 5 heteroatoms. The van der Waals surface area contributed by atoms with Crippen molar-refractivity contribution < 1.29 is 5.11 Å². The molecule has 0 amide bonds. The lowest BCUT2D eigenvalue weighted by Crippen LogP contribution is -2.47. The minimum Gasteiger partial charge on any atom is -0.397 e. The lowest BCUT2D eigenvalue weighted by molar-refractivity contribution is 0.215. The molecule has 0 unspecified atom stereocenters. The van der Waals surface area contributed by atoms with E-state index in [-0.39, 0.29) is 6.61 Å². The molecule has 17 heavy (non-hydrogen) atoms. The van der Waals surface area contributed by atoms with Crippen molar-refractivity contribution in [3.05, 3.63) is 18.3 Å². The highest BCUT2D eigenvalue weighted by Gasteiger charge is 2.17. The lowest BCUT2D eigenvalue weighted by Gasteiger charge is -2.35. The third kappa shape index (κ3) is 3.31. The zero-order valence-electron chi connectivity index (χ0n) is 10.0. The number of rotatable bonds is 4. The van der Waals surface area contributed by atoms with Crippen molar-refractivity contribution >= 4 is 11.5 Å². The van der Waals surface area contributed by atoms with E-state index < -0.39 is 0 Å². The van der Waals surface area contributed by atoms with Gasteiger partial charge in [-0.15, -0.1) is 0 Å². The zero-order chi connectivity index (χ0) is 12.1. The molecule has 0 bridgehead atoms. The van der Waals surface area contributed by atoms with Crippen molar-refractivity contribution in [1.29, 1.82) is 0 Å². The molecular weight excluding hydrogens is 216 g/mol. The van der Waals surface area contributed by atoms with E-state index >= 15 is 0 Å². The summed E-state index contributed by atoms with van der Waals surface area (Å²) in [6, 6.07) is 3.86. The van der Waals surface area contributed by atoms with E-state index in [0.717, 1.165) is 45.0 Å². The fourth-order valence-corrected chi connectivity index (χ4v) is 2.08. The number of pyridine rings is 1. The largest absolute Gasteiger partial charge is 0.397 e. The highest BCUT2D eigenvalue weighted by atomic mass is 16.3. The van der Waals surface area contributed by atoms with Gasteiger partial charge in [0.2, 0.25) is 0 Å². The topological polar surface area (TPSA) is 65.6 Å². The predicted octanol–water partition coefficient (Wildman–Crippen LogP) is 0.168. The summed E-state index contributed by atoms with van der Waals surface area (Å²) in [5.41, 5.74) is 6.32. The molecule has 0 radical (unpaired) electrons. The Morgan fingerprint density at radius 2 is 2.00 bits per heavy atom. The van der Waals surface area contributed by atoms with Gasteiger partial charge >= 0.3 is 0 Å². The summed E-state index contributed by atoms with van der Waals surface area (Å²) in [4.78, 5) is 8.98. The van der Waals surface area contributed by atoms with Gasteiger partial charge in [-0.05, 0) is 18.6 Å². The van der Waals surface area contributed by atoms with Crippen LogP contribution in [0.3, 0.4) is 0 Å². The highest BCUT2D eigenvalue weighted by Crippen LogP contribution is 2.14. The van der Waals surface area contributed by atoms with Crippen LogP contribution < -0.4 is 10.6 Å². The summed E-state index contributed by atoms with van der Waals surface area (Å²) in [5, 5.41) is 8.79. The molecular formula is C12H20N4O. The van der Waals surface area contributed by atoms with Crippen molar-refractivity contribution in [3.8, 4) is 0 Å². The van der Waals surface area contributed by atoms with Crippen molar-refractivity contribution in [2.45, 2.75) is 6.42 Å². The molecule has 1 fully saturated rings. The Morgan fingerprint density at radius 3 is 2.59 bits per heavy atom. The maximum Gasteiger partial charge on any atom is 0.128 e. The minimum absolute atomic E-state index is 0.278. The van der Waals surface area contributed by atoms with E-state index in [2.05, 4.69) is 14.8 Å². The number of aliphatic hydroxyl groups is 1. The van der Waals surface area contributed by atoms with Crippen LogP contribution >= 0.6 is 0 Å². The number of aliphatic hydroxyl groups excluding tert-OH is 1.